The van der Waals surface area contributed by atoms with Gasteiger partial charge < -0.3 is 4.57 Å². The molecule has 0 aliphatic carbocycles. The summed E-state index contributed by atoms with van der Waals surface area (Å²) in [5.41, 5.74) is 15.9. The van der Waals surface area contributed by atoms with Gasteiger partial charge in [-0.1, -0.05) is 188 Å². The molecule has 0 unspecified atom stereocenters. The Bertz CT molecular complexity index is 3620. The molecule has 0 N–H and O–H groups in total. The third-order valence-corrected chi connectivity index (χ3v) is 12.4. The van der Waals surface area contributed by atoms with Crippen LogP contribution in [0.2, 0.25) is 0 Å². The van der Waals surface area contributed by atoms with Crippen molar-refractivity contribution >= 4 is 43.4 Å². The van der Waals surface area contributed by atoms with Crippen LogP contribution in [0, 0.1) is 0 Å². The molecule has 0 aliphatic rings. The number of fused-ring (bicyclic) bond motifs is 5. The van der Waals surface area contributed by atoms with E-state index in [1.807, 2.05) is 0 Å². The Morgan fingerprint density at radius 3 is 1.50 bits per heavy atom. The van der Waals surface area contributed by atoms with E-state index in [-0.39, 0.29) is 0 Å². The number of para-hydroxylation sites is 2. The Labute approximate surface area is 360 Å². The van der Waals surface area contributed by atoms with Crippen molar-refractivity contribution in [2.24, 2.45) is 0 Å². The third-order valence-electron chi connectivity index (χ3n) is 12.4. The number of rotatable bonds is 7. The first-order chi connectivity index (χ1) is 30.8. The number of benzene rings is 10. The normalized spacial score (nSPS) is 11.5. The molecule has 62 heavy (non-hydrogen) atoms. The summed E-state index contributed by atoms with van der Waals surface area (Å²) in [5, 5.41) is 12.7. The quantitative estimate of drug-likeness (QED) is 0.158. The number of hydrogen-bond donors (Lipinski definition) is 0. The second-order valence-electron chi connectivity index (χ2n) is 15.9. The molecule has 3 heteroatoms. The molecule has 290 valence electrons. The first-order valence-corrected chi connectivity index (χ1v) is 21.2. The summed E-state index contributed by atoms with van der Waals surface area (Å²) in [6, 6.07) is 85.2. The summed E-state index contributed by atoms with van der Waals surface area (Å²) >= 11 is 0. The first-order valence-electron chi connectivity index (χ1n) is 21.2. The van der Waals surface area contributed by atoms with Crippen LogP contribution in [-0.2, 0) is 0 Å². The molecule has 2 heterocycles. The lowest BCUT2D eigenvalue weighted by molar-refractivity contribution is 0.893. The molecule has 2 aromatic heterocycles. The molecule has 0 fully saturated rings. The van der Waals surface area contributed by atoms with Crippen LogP contribution in [0.5, 0.6) is 0 Å². The summed E-state index contributed by atoms with van der Waals surface area (Å²) in [7, 11) is 0. The molecule has 0 saturated carbocycles. The van der Waals surface area contributed by atoms with Crippen LogP contribution in [0.1, 0.15) is 0 Å². The van der Waals surface area contributed by atoms with Crippen molar-refractivity contribution in [2.45, 2.75) is 0 Å². The van der Waals surface area contributed by atoms with Crippen molar-refractivity contribution in [1.82, 2.24) is 14.3 Å². The Morgan fingerprint density at radius 2 is 0.790 bits per heavy atom. The molecule has 0 saturated heterocycles. The van der Waals surface area contributed by atoms with Gasteiger partial charge in [0.2, 0.25) is 0 Å². The minimum absolute atomic E-state index is 0.943. The lowest BCUT2D eigenvalue weighted by Gasteiger charge is -2.16. The van der Waals surface area contributed by atoms with Gasteiger partial charge in [-0.05, 0) is 103 Å². The molecule has 0 bridgehead atoms. The first kappa shape index (κ1) is 35.7. The zero-order valence-corrected chi connectivity index (χ0v) is 33.9. The van der Waals surface area contributed by atoms with Gasteiger partial charge in [0.05, 0.1) is 28.1 Å². The highest BCUT2D eigenvalue weighted by molar-refractivity contribution is 6.11. The van der Waals surface area contributed by atoms with E-state index in [1.165, 1.54) is 71.2 Å². The van der Waals surface area contributed by atoms with E-state index < -0.39 is 0 Å². The van der Waals surface area contributed by atoms with Gasteiger partial charge in [-0.3, -0.25) is 0 Å². The van der Waals surface area contributed by atoms with Crippen molar-refractivity contribution in [3.05, 3.63) is 237 Å². The molecule has 0 atom stereocenters. The van der Waals surface area contributed by atoms with Crippen LogP contribution in [0.3, 0.4) is 0 Å². The maximum atomic E-state index is 5.37. The molecule has 0 radical (unpaired) electrons. The van der Waals surface area contributed by atoms with Crippen LogP contribution < -0.4 is 0 Å². The van der Waals surface area contributed by atoms with E-state index >= 15 is 0 Å². The number of hydrogen-bond acceptors (Lipinski definition) is 1. The molecule has 0 spiro atoms. The average molecular weight is 790 g/mol. The average Bonchev–Trinajstić information content (AvgIpc) is 3.94. The van der Waals surface area contributed by atoms with E-state index in [9.17, 15) is 0 Å². The van der Waals surface area contributed by atoms with Crippen molar-refractivity contribution in [3.8, 4) is 67.3 Å². The zero-order valence-electron chi connectivity index (χ0n) is 33.9. The Kier molecular flexibility index (Phi) is 8.50. The van der Waals surface area contributed by atoms with Crippen molar-refractivity contribution in [2.75, 3.05) is 0 Å². The van der Waals surface area contributed by atoms with Gasteiger partial charge in [0.25, 0.3) is 0 Å². The molecular weight excluding hydrogens is 751 g/mol. The second-order valence-corrected chi connectivity index (χ2v) is 15.9. The standard InChI is InChI=1S/C59H39N3/c1-2-20-44(21-3-1)61-57-31-13-12-28-54(57)55-38-43(34-37-58(55)61)49-25-9-11-27-51(49)50-26-10-8-22-46(50)42-32-35-45(36-33-42)62-59(53-30-15-19-41-17-5-7-24-48(41)53)39-56(60-62)52-29-14-18-40-16-4-6-23-47(40)52/h1-39H. The summed E-state index contributed by atoms with van der Waals surface area (Å²) in [6.45, 7) is 0. The largest absolute Gasteiger partial charge is 0.309 e. The van der Waals surface area contributed by atoms with Gasteiger partial charge in [-0.25, -0.2) is 4.68 Å². The molecular formula is C59H39N3. The molecule has 0 aliphatic heterocycles. The third kappa shape index (κ3) is 5.94. The van der Waals surface area contributed by atoms with Crippen LogP contribution in [0.4, 0.5) is 0 Å². The van der Waals surface area contributed by atoms with E-state index in [4.69, 9.17) is 5.10 Å². The van der Waals surface area contributed by atoms with Gasteiger partial charge in [0, 0.05) is 27.6 Å². The maximum Gasteiger partial charge on any atom is 0.0940 e. The van der Waals surface area contributed by atoms with Gasteiger partial charge in [0.15, 0.2) is 0 Å². The summed E-state index contributed by atoms with van der Waals surface area (Å²) in [6.07, 6.45) is 0. The molecule has 3 nitrogen and oxygen atoms in total. The maximum absolute atomic E-state index is 5.37. The highest BCUT2D eigenvalue weighted by Crippen LogP contribution is 2.42. The summed E-state index contributed by atoms with van der Waals surface area (Å²) in [4.78, 5) is 0. The predicted molar refractivity (Wildman–Crippen MR) is 260 cm³/mol. The van der Waals surface area contributed by atoms with Gasteiger partial charge in [-0.2, -0.15) is 5.10 Å². The monoisotopic (exact) mass is 789 g/mol. The minimum atomic E-state index is 0.943. The van der Waals surface area contributed by atoms with Gasteiger partial charge in [0.1, 0.15) is 0 Å². The lowest BCUT2D eigenvalue weighted by atomic mass is 9.89. The van der Waals surface area contributed by atoms with Crippen LogP contribution in [0.15, 0.2) is 237 Å². The van der Waals surface area contributed by atoms with E-state index in [0.717, 1.165) is 39.5 Å². The minimum Gasteiger partial charge on any atom is -0.309 e. The van der Waals surface area contributed by atoms with Gasteiger partial charge >= 0.3 is 0 Å². The summed E-state index contributed by atoms with van der Waals surface area (Å²) in [5.74, 6) is 0. The topological polar surface area (TPSA) is 22.8 Å². The highest BCUT2D eigenvalue weighted by atomic mass is 15.3. The van der Waals surface area contributed by atoms with Crippen molar-refractivity contribution in [1.29, 1.82) is 0 Å². The highest BCUT2D eigenvalue weighted by Gasteiger charge is 2.19. The zero-order chi connectivity index (χ0) is 41.0. The fraction of sp³-hybridized carbons (Fsp3) is 0. The fourth-order valence-corrected chi connectivity index (χ4v) is 9.52. The van der Waals surface area contributed by atoms with E-state index in [1.54, 1.807) is 0 Å². The molecule has 12 aromatic rings. The Hall–Kier alpha value is -8.27. The van der Waals surface area contributed by atoms with Crippen LogP contribution in [-0.4, -0.2) is 14.3 Å². The Morgan fingerprint density at radius 1 is 0.290 bits per heavy atom. The van der Waals surface area contributed by atoms with E-state index in [2.05, 4.69) is 246 Å². The molecule has 0 amide bonds. The molecule has 10 aromatic carbocycles. The number of aromatic nitrogens is 3. The smallest absolute Gasteiger partial charge is 0.0940 e. The van der Waals surface area contributed by atoms with Crippen LogP contribution >= 0.6 is 0 Å². The molecule has 12 rings (SSSR count). The van der Waals surface area contributed by atoms with Crippen LogP contribution in [0.25, 0.3) is 111 Å². The number of nitrogens with zero attached hydrogens (tertiary/aromatic N) is 3. The summed E-state index contributed by atoms with van der Waals surface area (Å²) < 4.78 is 4.49. The Balaban J connectivity index is 0.965. The van der Waals surface area contributed by atoms with Gasteiger partial charge in [-0.15, -0.1) is 0 Å². The second kappa shape index (κ2) is 14.8. The SMILES string of the molecule is c1ccc(-n2c3ccccc3c3cc(-c4ccccc4-c4ccccc4-c4ccc(-n5nc(-c6cccc7ccccc67)cc5-c5cccc6ccccc56)cc4)ccc32)cc1. The predicted octanol–water partition coefficient (Wildman–Crippen LogP) is 15.6. The van der Waals surface area contributed by atoms with Crippen molar-refractivity contribution < 1.29 is 0 Å². The fourth-order valence-electron chi connectivity index (χ4n) is 9.52. The van der Waals surface area contributed by atoms with Crippen molar-refractivity contribution in [3.63, 3.8) is 0 Å². The van der Waals surface area contributed by atoms with E-state index in [0.29, 0.717) is 0 Å². The lowest BCUT2D eigenvalue weighted by Crippen LogP contribution is -2.00.